The summed E-state index contributed by atoms with van der Waals surface area (Å²) >= 11 is 0. The van der Waals surface area contributed by atoms with Crippen molar-refractivity contribution >= 4 is 10.8 Å². The van der Waals surface area contributed by atoms with Crippen molar-refractivity contribution in [1.29, 1.82) is 0 Å². The van der Waals surface area contributed by atoms with Gasteiger partial charge in [0.1, 0.15) is 17.6 Å². The van der Waals surface area contributed by atoms with Gasteiger partial charge in [0.25, 0.3) is 0 Å². The van der Waals surface area contributed by atoms with Crippen molar-refractivity contribution in [2.75, 3.05) is 7.11 Å². The summed E-state index contributed by atoms with van der Waals surface area (Å²) in [4.78, 5) is 0. The highest BCUT2D eigenvalue weighted by molar-refractivity contribution is 5.87. The molecule has 0 aliphatic heterocycles. The minimum Gasteiger partial charge on any atom is -0.508 e. The van der Waals surface area contributed by atoms with Gasteiger partial charge >= 0.3 is 0 Å². The van der Waals surface area contributed by atoms with Gasteiger partial charge in [0.2, 0.25) is 0 Å². The Labute approximate surface area is 123 Å². The highest BCUT2D eigenvalue weighted by Gasteiger charge is 2.14. The van der Waals surface area contributed by atoms with E-state index in [2.05, 4.69) is 0 Å². The number of rotatable bonds is 3. The molecule has 3 rings (SSSR count). The van der Waals surface area contributed by atoms with Gasteiger partial charge in [-0.3, -0.25) is 0 Å². The maximum absolute atomic E-state index is 10.6. The number of ether oxygens (including phenoxy) is 1. The van der Waals surface area contributed by atoms with E-state index < -0.39 is 6.10 Å². The average Bonchev–Trinajstić information content (AvgIpc) is 2.53. The topological polar surface area (TPSA) is 49.7 Å². The van der Waals surface area contributed by atoms with E-state index in [0.717, 1.165) is 27.6 Å². The average molecular weight is 280 g/mol. The fraction of sp³-hybridized carbons (Fsp3) is 0.111. The molecule has 3 nitrogen and oxygen atoms in total. The molecule has 0 radical (unpaired) electrons. The Hall–Kier alpha value is -2.52. The van der Waals surface area contributed by atoms with Crippen LogP contribution in [-0.4, -0.2) is 17.3 Å². The summed E-state index contributed by atoms with van der Waals surface area (Å²) in [6, 6.07) is 18.2. The molecular formula is C18H16O3. The van der Waals surface area contributed by atoms with Crippen LogP contribution in [0.1, 0.15) is 17.2 Å². The monoisotopic (exact) mass is 280 g/mol. The summed E-state index contributed by atoms with van der Waals surface area (Å²) < 4.78 is 5.13. The summed E-state index contributed by atoms with van der Waals surface area (Å²) in [5, 5.41) is 22.1. The van der Waals surface area contributed by atoms with E-state index in [-0.39, 0.29) is 5.75 Å². The van der Waals surface area contributed by atoms with E-state index in [1.807, 2.05) is 48.5 Å². The maximum Gasteiger partial charge on any atom is 0.118 e. The predicted octanol–water partition coefficient (Wildman–Crippen LogP) is 3.64. The predicted molar refractivity (Wildman–Crippen MR) is 82.7 cm³/mol. The van der Waals surface area contributed by atoms with Gasteiger partial charge in [-0.05, 0) is 46.2 Å². The number of phenolic OH excluding ortho intramolecular Hbond substituents is 1. The Morgan fingerprint density at radius 1 is 0.952 bits per heavy atom. The van der Waals surface area contributed by atoms with Gasteiger partial charge < -0.3 is 14.9 Å². The molecule has 0 saturated carbocycles. The molecule has 0 bridgehead atoms. The fourth-order valence-electron chi connectivity index (χ4n) is 2.49. The molecule has 0 amide bonds. The van der Waals surface area contributed by atoms with Crippen LogP contribution in [0.2, 0.25) is 0 Å². The molecule has 0 aliphatic rings. The molecule has 106 valence electrons. The van der Waals surface area contributed by atoms with Crippen LogP contribution >= 0.6 is 0 Å². The zero-order valence-corrected chi connectivity index (χ0v) is 11.7. The lowest BCUT2D eigenvalue weighted by Gasteiger charge is -2.15. The van der Waals surface area contributed by atoms with E-state index in [4.69, 9.17) is 4.74 Å². The molecule has 0 fully saturated rings. The number of hydrogen-bond donors (Lipinski definition) is 2. The van der Waals surface area contributed by atoms with Gasteiger partial charge in [0, 0.05) is 0 Å². The Morgan fingerprint density at radius 3 is 2.43 bits per heavy atom. The Bertz CT molecular complexity index is 763. The Kier molecular flexibility index (Phi) is 3.50. The SMILES string of the molecule is COc1ccc(C(O)c2cccc3ccc(O)cc23)cc1. The van der Waals surface area contributed by atoms with Gasteiger partial charge in [0.05, 0.1) is 7.11 Å². The molecule has 0 aromatic heterocycles. The van der Waals surface area contributed by atoms with Gasteiger partial charge in [-0.1, -0.05) is 36.4 Å². The third-order valence-corrected chi connectivity index (χ3v) is 3.63. The molecule has 3 heteroatoms. The van der Waals surface area contributed by atoms with Crippen LogP contribution in [0.5, 0.6) is 11.5 Å². The van der Waals surface area contributed by atoms with Crippen molar-refractivity contribution < 1.29 is 14.9 Å². The summed E-state index contributed by atoms with van der Waals surface area (Å²) in [6.07, 6.45) is -0.749. The van der Waals surface area contributed by atoms with Crippen LogP contribution in [0, 0.1) is 0 Å². The maximum atomic E-state index is 10.6. The number of aromatic hydroxyl groups is 1. The first-order valence-electron chi connectivity index (χ1n) is 6.72. The van der Waals surface area contributed by atoms with Crippen LogP contribution in [-0.2, 0) is 0 Å². The van der Waals surface area contributed by atoms with Crippen LogP contribution in [0.25, 0.3) is 10.8 Å². The van der Waals surface area contributed by atoms with Crippen LogP contribution in [0.15, 0.2) is 60.7 Å². The number of aliphatic hydroxyl groups excluding tert-OH is 1. The molecule has 1 unspecified atom stereocenters. The largest absolute Gasteiger partial charge is 0.508 e. The minimum absolute atomic E-state index is 0.192. The molecule has 0 heterocycles. The number of methoxy groups -OCH3 is 1. The van der Waals surface area contributed by atoms with Gasteiger partial charge in [-0.2, -0.15) is 0 Å². The van der Waals surface area contributed by atoms with Gasteiger partial charge in [0.15, 0.2) is 0 Å². The summed E-state index contributed by atoms with van der Waals surface area (Å²) in [5.74, 6) is 0.943. The van der Waals surface area contributed by atoms with Crippen LogP contribution in [0.3, 0.4) is 0 Å². The van der Waals surface area contributed by atoms with Crippen molar-refractivity contribution in [2.24, 2.45) is 0 Å². The van der Waals surface area contributed by atoms with Crippen molar-refractivity contribution in [3.8, 4) is 11.5 Å². The second kappa shape index (κ2) is 5.46. The summed E-state index contributed by atoms with van der Waals surface area (Å²) in [6.45, 7) is 0. The molecular weight excluding hydrogens is 264 g/mol. The lowest BCUT2D eigenvalue weighted by Crippen LogP contribution is -2.00. The lowest BCUT2D eigenvalue weighted by atomic mass is 9.96. The van der Waals surface area contributed by atoms with Gasteiger partial charge in [-0.15, -0.1) is 0 Å². The number of aliphatic hydroxyl groups is 1. The normalized spacial score (nSPS) is 12.3. The highest BCUT2D eigenvalue weighted by Crippen LogP contribution is 2.31. The molecule has 3 aromatic rings. The van der Waals surface area contributed by atoms with Crippen LogP contribution in [0.4, 0.5) is 0 Å². The first-order chi connectivity index (χ1) is 10.2. The number of benzene rings is 3. The van der Waals surface area contributed by atoms with Crippen molar-refractivity contribution in [3.05, 3.63) is 71.8 Å². The molecule has 2 N–H and O–H groups in total. The van der Waals surface area contributed by atoms with Gasteiger partial charge in [-0.25, -0.2) is 0 Å². The van der Waals surface area contributed by atoms with Crippen molar-refractivity contribution in [2.45, 2.75) is 6.10 Å². The zero-order chi connectivity index (χ0) is 14.8. The number of fused-ring (bicyclic) bond motifs is 1. The fourth-order valence-corrected chi connectivity index (χ4v) is 2.49. The molecule has 0 saturated heterocycles. The Morgan fingerprint density at radius 2 is 1.71 bits per heavy atom. The minimum atomic E-state index is -0.749. The third kappa shape index (κ3) is 2.56. The summed E-state index contributed by atoms with van der Waals surface area (Å²) in [5.41, 5.74) is 1.56. The molecule has 0 spiro atoms. The first-order valence-corrected chi connectivity index (χ1v) is 6.72. The number of hydrogen-bond acceptors (Lipinski definition) is 3. The van der Waals surface area contributed by atoms with E-state index >= 15 is 0 Å². The molecule has 1 atom stereocenters. The standard InChI is InChI=1S/C18H16O3/c1-21-15-9-6-13(7-10-15)18(20)16-4-2-3-12-5-8-14(19)11-17(12)16/h2-11,18-20H,1H3. The zero-order valence-electron chi connectivity index (χ0n) is 11.7. The highest BCUT2D eigenvalue weighted by atomic mass is 16.5. The van der Waals surface area contributed by atoms with E-state index in [0.29, 0.717) is 0 Å². The van der Waals surface area contributed by atoms with Crippen molar-refractivity contribution in [3.63, 3.8) is 0 Å². The summed E-state index contributed by atoms with van der Waals surface area (Å²) in [7, 11) is 1.61. The molecule has 0 aliphatic carbocycles. The molecule has 3 aromatic carbocycles. The van der Waals surface area contributed by atoms with Crippen molar-refractivity contribution in [1.82, 2.24) is 0 Å². The second-order valence-corrected chi connectivity index (χ2v) is 4.93. The quantitative estimate of drug-likeness (QED) is 0.770. The molecule has 21 heavy (non-hydrogen) atoms. The third-order valence-electron chi connectivity index (χ3n) is 3.63. The number of phenols is 1. The van der Waals surface area contributed by atoms with Crippen LogP contribution < -0.4 is 4.74 Å². The lowest BCUT2D eigenvalue weighted by molar-refractivity contribution is 0.222. The van der Waals surface area contributed by atoms with E-state index in [1.54, 1.807) is 19.2 Å². The Balaban J connectivity index is 2.08. The first kappa shape index (κ1) is 13.5. The van der Waals surface area contributed by atoms with E-state index in [9.17, 15) is 10.2 Å². The van der Waals surface area contributed by atoms with E-state index in [1.165, 1.54) is 0 Å². The smallest absolute Gasteiger partial charge is 0.118 e. The second-order valence-electron chi connectivity index (χ2n) is 4.93.